The number of ether oxygens (including phenoxy) is 1. The molecule has 4 rings (SSSR count). The molecule has 0 spiro atoms. The standard InChI is InChI=1S/C25H33N5O4/c1-3-18-16-29(25(32)33)13-14-30(18)21-10-9-20(19-7-5-6-8-22(19)34-4-2)28-23(21)24(31)27-17-11-12-26-15-17/h5-10,17-18,26H,3-4,11-16H2,1-2H3,(H,27,31)(H,32,33)/t17-,18-/m1/s1. The summed E-state index contributed by atoms with van der Waals surface area (Å²) < 4.78 is 5.79. The number of piperazine rings is 1. The van der Waals surface area contributed by atoms with E-state index in [1.165, 1.54) is 4.90 Å². The molecule has 2 aliphatic heterocycles. The predicted octanol–water partition coefficient (Wildman–Crippen LogP) is 2.82. The number of amides is 2. The van der Waals surface area contributed by atoms with Crippen LogP contribution in [0.15, 0.2) is 36.4 Å². The second-order valence-electron chi connectivity index (χ2n) is 8.64. The van der Waals surface area contributed by atoms with Crippen LogP contribution in [-0.2, 0) is 0 Å². The first-order chi connectivity index (χ1) is 16.5. The van der Waals surface area contributed by atoms with Crippen LogP contribution in [0, 0.1) is 0 Å². The molecule has 3 heterocycles. The maximum Gasteiger partial charge on any atom is 0.407 e. The number of hydrogen-bond acceptors (Lipinski definition) is 6. The lowest BCUT2D eigenvalue weighted by Gasteiger charge is -2.42. The van der Waals surface area contributed by atoms with Crippen LogP contribution in [0.3, 0.4) is 0 Å². The van der Waals surface area contributed by atoms with Crippen molar-refractivity contribution in [3.05, 3.63) is 42.1 Å². The third-order valence-corrected chi connectivity index (χ3v) is 6.48. The Morgan fingerprint density at radius 1 is 1.21 bits per heavy atom. The van der Waals surface area contributed by atoms with E-state index in [-0.39, 0.29) is 18.0 Å². The van der Waals surface area contributed by atoms with Gasteiger partial charge in [-0.3, -0.25) is 4.79 Å². The summed E-state index contributed by atoms with van der Waals surface area (Å²) in [5, 5.41) is 15.9. The van der Waals surface area contributed by atoms with Crippen LogP contribution in [-0.4, -0.2) is 78.4 Å². The number of carboxylic acid groups (broad SMARTS) is 1. The van der Waals surface area contributed by atoms with E-state index in [0.717, 1.165) is 42.9 Å². The van der Waals surface area contributed by atoms with Crippen LogP contribution >= 0.6 is 0 Å². The van der Waals surface area contributed by atoms with Gasteiger partial charge in [0.15, 0.2) is 5.69 Å². The van der Waals surface area contributed by atoms with Gasteiger partial charge in [-0.1, -0.05) is 19.1 Å². The van der Waals surface area contributed by atoms with Crippen molar-refractivity contribution in [3.8, 4) is 17.0 Å². The van der Waals surface area contributed by atoms with Crippen LogP contribution < -0.4 is 20.3 Å². The number of carbonyl (C=O) groups excluding carboxylic acids is 1. The van der Waals surface area contributed by atoms with Gasteiger partial charge < -0.3 is 30.3 Å². The minimum atomic E-state index is -0.911. The summed E-state index contributed by atoms with van der Waals surface area (Å²) in [6, 6.07) is 11.6. The fraction of sp³-hybridized carbons (Fsp3) is 0.480. The highest BCUT2D eigenvalue weighted by molar-refractivity contribution is 5.99. The molecule has 2 fully saturated rings. The van der Waals surface area contributed by atoms with Crippen molar-refractivity contribution in [2.24, 2.45) is 0 Å². The van der Waals surface area contributed by atoms with Crippen molar-refractivity contribution in [2.45, 2.75) is 38.8 Å². The number of nitrogens with one attached hydrogen (secondary N) is 2. The number of anilines is 1. The second-order valence-corrected chi connectivity index (χ2v) is 8.64. The zero-order valence-electron chi connectivity index (χ0n) is 19.8. The largest absolute Gasteiger partial charge is 0.493 e. The molecule has 2 aromatic rings. The normalized spacial score (nSPS) is 20.3. The van der Waals surface area contributed by atoms with E-state index < -0.39 is 6.09 Å². The SMILES string of the molecule is CCOc1ccccc1-c1ccc(N2CCN(C(=O)O)C[C@H]2CC)c(C(=O)N[C@@H]2CCNC2)n1. The van der Waals surface area contributed by atoms with Crippen molar-refractivity contribution < 1.29 is 19.4 Å². The number of carbonyl (C=O) groups is 2. The molecule has 2 aliphatic rings. The topological polar surface area (TPSA) is 107 Å². The van der Waals surface area contributed by atoms with Crippen molar-refractivity contribution in [2.75, 3.05) is 44.2 Å². The molecule has 0 radical (unpaired) electrons. The molecule has 1 aromatic heterocycles. The highest BCUT2D eigenvalue weighted by Gasteiger charge is 2.32. The average molecular weight is 468 g/mol. The summed E-state index contributed by atoms with van der Waals surface area (Å²) in [5.74, 6) is 0.507. The lowest BCUT2D eigenvalue weighted by atomic mass is 10.0. The molecule has 0 bridgehead atoms. The van der Waals surface area contributed by atoms with Crippen LogP contribution in [0.5, 0.6) is 5.75 Å². The highest BCUT2D eigenvalue weighted by atomic mass is 16.5. The second kappa shape index (κ2) is 10.7. The summed E-state index contributed by atoms with van der Waals surface area (Å²) in [5.41, 5.74) is 2.59. The van der Waals surface area contributed by atoms with Gasteiger partial charge >= 0.3 is 6.09 Å². The fourth-order valence-corrected chi connectivity index (χ4v) is 4.69. The van der Waals surface area contributed by atoms with Gasteiger partial charge in [0.2, 0.25) is 0 Å². The summed E-state index contributed by atoms with van der Waals surface area (Å²) >= 11 is 0. The molecule has 9 heteroatoms. The Morgan fingerprint density at radius 3 is 2.74 bits per heavy atom. The van der Waals surface area contributed by atoms with Gasteiger partial charge in [0.1, 0.15) is 5.75 Å². The Bertz CT molecular complexity index is 1020. The molecule has 2 saturated heterocycles. The Balaban J connectivity index is 1.72. The zero-order chi connectivity index (χ0) is 24.1. The summed E-state index contributed by atoms with van der Waals surface area (Å²) in [6.07, 6.45) is 0.723. The molecule has 0 saturated carbocycles. The number of aromatic nitrogens is 1. The number of benzene rings is 1. The third kappa shape index (κ3) is 5.09. The zero-order valence-corrected chi connectivity index (χ0v) is 19.8. The van der Waals surface area contributed by atoms with Crippen LogP contribution in [0.25, 0.3) is 11.3 Å². The van der Waals surface area contributed by atoms with Gasteiger partial charge in [-0.05, 0) is 50.6 Å². The maximum atomic E-state index is 13.5. The van der Waals surface area contributed by atoms with E-state index in [1.54, 1.807) is 0 Å². The smallest absolute Gasteiger partial charge is 0.407 e. The molecule has 1 aromatic carbocycles. The lowest BCUT2D eigenvalue weighted by molar-refractivity contribution is 0.0934. The number of hydrogen-bond donors (Lipinski definition) is 3. The summed E-state index contributed by atoms with van der Waals surface area (Å²) in [7, 11) is 0. The first-order valence-corrected chi connectivity index (χ1v) is 12.0. The van der Waals surface area contributed by atoms with Gasteiger partial charge in [0.05, 0.1) is 18.0 Å². The lowest BCUT2D eigenvalue weighted by Crippen LogP contribution is -2.55. The van der Waals surface area contributed by atoms with Crippen molar-refractivity contribution in [3.63, 3.8) is 0 Å². The molecular formula is C25H33N5O4. The van der Waals surface area contributed by atoms with Gasteiger partial charge in [0, 0.05) is 43.8 Å². The molecule has 9 nitrogen and oxygen atoms in total. The van der Waals surface area contributed by atoms with Gasteiger partial charge in [-0.15, -0.1) is 0 Å². The molecule has 34 heavy (non-hydrogen) atoms. The Kier molecular flexibility index (Phi) is 7.52. The number of pyridine rings is 1. The molecule has 2 atom stereocenters. The first kappa shape index (κ1) is 23.8. The van der Waals surface area contributed by atoms with E-state index in [2.05, 4.69) is 15.5 Å². The number of nitrogens with zero attached hydrogens (tertiary/aromatic N) is 3. The molecule has 2 amide bonds. The fourth-order valence-electron chi connectivity index (χ4n) is 4.69. The first-order valence-electron chi connectivity index (χ1n) is 12.0. The Morgan fingerprint density at radius 2 is 2.03 bits per heavy atom. The van der Waals surface area contributed by atoms with Crippen LogP contribution in [0.4, 0.5) is 10.5 Å². The summed E-state index contributed by atoms with van der Waals surface area (Å²) in [6.45, 7) is 7.40. The molecule has 182 valence electrons. The van der Waals surface area contributed by atoms with Gasteiger partial charge in [-0.25, -0.2) is 9.78 Å². The minimum absolute atomic E-state index is 0.0343. The number of para-hydroxylation sites is 1. The average Bonchev–Trinajstić information content (AvgIpc) is 3.37. The van der Waals surface area contributed by atoms with E-state index in [4.69, 9.17) is 9.72 Å². The van der Waals surface area contributed by atoms with Crippen molar-refractivity contribution in [1.29, 1.82) is 0 Å². The Labute approximate surface area is 200 Å². The van der Waals surface area contributed by atoms with Crippen LogP contribution in [0.2, 0.25) is 0 Å². The highest BCUT2D eigenvalue weighted by Crippen LogP contribution is 2.32. The number of rotatable bonds is 7. The maximum absolute atomic E-state index is 13.5. The van der Waals surface area contributed by atoms with Gasteiger partial charge in [0.25, 0.3) is 5.91 Å². The molecule has 0 aliphatic carbocycles. The summed E-state index contributed by atoms with van der Waals surface area (Å²) in [4.78, 5) is 33.4. The minimum Gasteiger partial charge on any atom is -0.493 e. The molecular weight excluding hydrogens is 434 g/mol. The third-order valence-electron chi connectivity index (χ3n) is 6.48. The van der Waals surface area contributed by atoms with E-state index in [1.807, 2.05) is 50.2 Å². The van der Waals surface area contributed by atoms with Gasteiger partial charge in [-0.2, -0.15) is 0 Å². The monoisotopic (exact) mass is 467 g/mol. The quantitative estimate of drug-likeness (QED) is 0.575. The van der Waals surface area contributed by atoms with Crippen molar-refractivity contribution in [1.82, 2.24) is 20.5 Å². The Hall–Kier alpha value is -3.33. The van der Waals surface area contributed by atoms with E-state index in [9.17, 15) is 14.7 Å². The van der Waals surface area contributed by atoms with Crippen molar-refractivity contribution >= 4 is 17.7 Å². The van der Waals surface area contributed by atoms with Crippen LogP contribution in [0.1, 0.15) is 37.2 Å². The van der Waals surface area contributed by atoms with E-state index in [0.29, 0.717) is 37.6 Å². The predicted molar refractivity (Wildman–Crippen MR) is 131 cm³/mol. The van der Waals surface area contributed by atoms with E-state index >= 15 is 0 Å². The molecule has 0 unspecified atom stereocenters. The molecule has 3 N–H and O–H groups in total.